The Labute approximate surface area is 140 Å². The molecular formula is C16H24F3N3O2. The number of benzene rings is 1. The van der Waals surface area contributed by atoms with Crippen molar-refractivity contribution in [3.8, 4) is 5.75 Å². The van der Waals surface area contributed by atoms with Gasteiger partial charge in [-0.15, -0.1) is 0 Å². The molecule has 0 aliphatic heterocycles. The molecule has 136 valence electrons. The summed E-state index contributed by atoms with van der Waals surface area (Å²) >= 11 is 0. The maximum absolute atomic E-state index is 12.4. The van der Waals surface area contributed by atoms with E-state index in [0.29, 0.717) is 31.2 Å². The molecule has 0 bridgehead atoms. The molecule has 0 saturated heterocycles. The van der Waals surface area contributed by atoms with Gasteiger partial charge in [-0.25, -0.2) is 0 Å². The number of aliphatic imine (C=N–C) groups is 1. The molecule has 5 nitrogen and oxygen atoms in total. The van der Waals surface area contributed by atoms with Crippen LogP contribution in [0.4, 0.5) is 13.2 Å². The summed E-state index contributed by atoms with van der Waals surface area (Å²) in [6.07, 6.45) is -3.55. The fourth-order valence-electron chi connectivity index (χ4n) is 1.92. The van der Waals surface area contributed by atoms with Gasteiger partial charge in [0.1, 0.15) is 5.75 Å². The first-order chi connectivity index (χ1) is 11.4. The Bertz CT molecular complexity index is 534. The SMILES string of the molecule is CN=C(NCCCOC)NCc1ccc(C)cc1OCC(F)(F)F. The number of ether oxygens (including phenoxy) is 2. The van der Waals surface area contributed by atoms with Crippen molar-refractivity contribution in [2.24, 2.45) is 4.99 Å². The molecule has 1 aromatic carbocycles. The van der Waals surface area contributed by atoms with Crippen LogP contribution < -0.4 is 15.4 Å². The van der Waals surface area contributed by atoms with Gasteiger partial charge in [0.15, 0.2) is 12.6 Å². The topological polar surface area (TPSA) is 54.9 Å². The van der Waals surface area contributed by atoms with Gasteiger partial charge >= 0.3 is 6.18 Å². The maximum Gasteiger partial charge on any atom is 0.422 e. The highest BCUT2D eigenvalue weighted by Crippen LogP contribution is 2.23. The Kier molecular flexibility index (Phi) is 8.39. The van der Waals surface area contributed by atoms with Gasteiger partial charge in [0.25, 0.3) is 0 Å². The minimum Gasteiger partial charge on any atom is -0.484 e. The first-order valence-corrected chi connectivity index (χ1v) is 7.58. The smallest absolute Gasteiger partial charge is 0.422 e. The van der Waals surface area contributed by atoms with Gasteiger partial charge in [-0.1, -0.05) is 12.1 Å². The Balaban J connectivity index is 2.62. The third-order valence-electron chi connectivity index (χ3n) is 3.10. The molecule has 1 aromatic rings. The van der Waals surface area contributed by atoms with Crippen molar-refractivity contribution >= 4 is 5.96 Å². The average molecular weight is 347 g/mol. The molecule has 0 fully saturated rings. The molecule has 8 heteroatoms. The van der Waals surface area contributed by atoms with Crippen molar-refractivity contribution in [1.29, 1.82) is 0 Å². The quantitative estimate of drug-likeness (QED) is 0.431. The van der Waals surface area contributed by atoms with E-state index in [4.69, 9.17) is 9.47 Å². The number of hydrogen-bond donors (Lipinski definition) is 2. The summed E-state index contributed by atoms with van der Waals surface area (Å²) in [4.78, 5) is 4.07. The molecule has 0 atom stereocenters. The second kappa shape index (κ2) is 10.0. The largest absolute Gasteiger partial charge is 0.484 e. The van der Waals surface area contributed by atoms with E-state index in [1.807, 2.05) is 6.07 Å². The molecule has 0 radical (unpaired) electrons. The van der Waals surface area contributed by atoms with Crippen molar-refractivity contribution in [1.82, 2.24) is 10.6 Å². The summed E-state index contributed by atoms with van der Waals surface area (Å²) in [7, 11) is 3.26. The Morgan fingerprint density at radius 2 is 2.00 bits per heavy atom. The molecule has 0 saturated carbocycles. The predicted octanol–water partition coefficient (Wildman–Crippen LogP) is 2.64. The van der Waals surface area contributed by atoms with E-state index in [-0.39, 0.29) is 5.75 Å². The first-order valence-electron chi connectivity index (χ1n) is 7.58. The fraction of sp³-hybridized carbons (Fsp3) is 0.562. The van der Waals surface area contributed by atoms with Crippen molar-refractivity contribution in [2.45, 2.75) is 26.1 Å². The Morgan fingerprint density at radius 3 is 2.62 bits per heavy atom. The minimum atomic E-state index is -4.37. The zero-order chi connectivity index (χ0) is 18.0. The Morgan fingerprint density at radius 1 is 1.25 bits per heavy atom. The number of nitrogens with zero attached hydrogens (tertiary/aromatic N) is 1. The summed E-state index contributed by atoms with van der Waals surface area (Å²) < 4.78 is 47.0. The molecule has 2 N–H and O–H groups in total. The molecule has 1 rings (SSSR count). The summed E-state index contributed by atoms with van der Waals surface area (Å²) in [6, 6.07) is 5.16. The van der Waals surface area contributed by atoms with Crippen LogP contribution in [-0.4, -0.2) is 46.1 Å². The zero-order valence-corrected chi connectivity index (χ0v) is 14.2. The lowest BCUT2D eigenvalue weighted by molar-refractivity contribution is -0.153. The van der Waals surface area contributed by atoms with E-state index >= 15 is 0 Å². The maximum atomic E-state index is 12.4. The van der Waals surface area contributed by atoms with Crippen molar-refractivity contribution in [3.05, 3.63) is 29.3 Å². The van der Waals surface area contributed by atoms with Crippen LogP contribution in [0.3, 0.4) is 0 Å². The lowest BCUT2D eigenvalue weighted by Crippen LogP contribution is -2.37. The number of nitrogens with one attached hydrogen (secondary N) is 2. The number of rotatable bonds is 8. The standard InChI is InChI=1S/C16H24F3N3O2/c1-12-5-6-13(14(9-12)24-11-16(17,18)19)10-22-15(20-2)21-7-4-8-23-3/h5-6,9H,4,7-8,10-11H2,1-3H3,(H2,20,21,22). The summed E-state index contributed by atoms with van der Waals surface area (Å²) in [6.45, 7) is 2.11. The van der Waals surface area contributed by atoms with E-state index in [1.54, 1.807) is 33.2 Å². The lowest BCUT2D eigenvalue weighted by atomic mass is 10.1. The van der Waals surface area contributed by atoms with Crippen molar-refractivity contribution in [2.75, 3.05) is 33.9 Å². The number of aryl methyl sites for hydroxylation is 1. The third kappa shape index (κ3) is 8.05. The van der Waals surface area contributed by atoms with Crippen LogP contribution in [-0.2, 0) is 11.3 Å². The van der Waals surface area contributed by atoms with Gasteiger partial charge < -0.3 is 20.1 Å². The molecule has 0 heterocycles. The molecule has 0 aliphatic carbocycles. The van der Waals surface area contributed by atoms with Crippen LogP contribution >= 0.6 is 0 Å². The van der Waals surface area contributed by atoms with E-state index < -0.39 is 12.8 Å². The first kappa shape index (κ1) is 20.1. The van der Waals surface area contributed by atoms with Crippen molar-refractivity contribution in [3.63, 3.8) is 0 Å². The third-order valence-corrected chi connectivity index (χ3v) is 3.10. The van der Waals surface area contributed by atoms with Crippen molar-refractivity contribution < 1.29 is 22.6 Å². The fourth-order valence-corrected chi connectivity index (χ4v) is 1.92. The van der Waals surface area contributed by atoms with Gasteiger partial charge in [0.2, 0.25) is 0 Å². The Hall–Kier alpha value is -1.96. The number of methoxy groups -OCH3 is 1. The summed E-state index contributed by atoms with van der Waals surface area (Å²) in [5, 5.41) is 6.16. The van der Waals surface area contributed by atoms with Crippen LogP contribution in [0.2, 0.25) is 0 Å². The number of alkyl halides is 3. The van der Waals surface area contributed by atoms with Gasteiger partial charge in [0, 0.05) is 39.4 Å². The number of halogens is 3. The van der Waals surface area contributed by atoms with Crippen LogP contribution in [0.15, 0.2) is 23.2 Å². The lowest BCUT2D eigenvalue weighted by Gasteiger charge is -2.16. The highest BCUT2D eigenvalue weighted by atomic mass is 19.4. The number of guanidine groups is 1. The van der Waals surface area contributed by atoms with Crippen LogP contribution in [0.25, 0.3) is 0 Å². The van der Waals surface area contributed by atoms with Gasteiger partial charge in [-0.05, 0) is 25.0 Å². The second-order valence-corrected chi connectivity index (χ2v) is 5.21. The molecule has 0 amide bonds. The van der Waals surface area contributed by atoms with E-state index in [1.165, 1.54) is 0 Å². The summed E-state index contributed by atoms with van der Waals surface area (Å²) in [5.74, 6) is 0.781. The highest BCUT2D eigenvalue weighted by Gasteiger charge is 2.28. The monoisotopic (exact) mass is 347 g/mol. The molecule has 24 heavy (non-hydrogen) atoms. The predicted molar refractivity (Wildman–Crippen MR) is 87.4 cm³/mol. The van der Waals surface area contributed by atoms with E-state index in [0.717, 1.165) is 12.0 Å². The number of hydrogen-bond acceptors (Lipinski definition) is 3. The van der Waals surface area contributed by atoms with E-state index in [9.17, 15) is 13.2 Å². The minimum absolute atomic E-state index is 0.217. The zero-order valence-electron chi connectivity index (χ0n) is 14.2. The second-order valence-electron chi connectivity index (χ2n) is 5.21. The van der Waals surface area contributed by atoms with Crippen LogP contribution in [0.5, 0.6) is 5.75 Å². The van der Waals surface area contributed by atoms with Gasteiger partial charge in [0.05, 0.1) is 0 Å². The molecule has 0 spiro atoms. The molecule has 0 aliphatic rings. The van der Waals surface area contributed by atoms with Gasteiger partial charge in [-0.2, -0.15) is 13.2 Å². The summed E-state index contributed by atoms with van der Waals surface area (Å²) in [5.41, 5.74) is 1.46. The normalized spacial score (nSPS) is 12.2. The molecular weight excluding hydrogens is 323 g/mol. The average Bonchev–Trinajstić information content (AvgIpc) is 2.53. The van der Waals surface area contributed by atoms with Gasteiger partial charge in [-0.3, -0.25) is 4.99 Å². The van der Waals surface area contributed by atoms with Crippen LogP contribution in [0.1, 0.15) is 17.5 Å². The van der Waals surface area contributed by atoms with E-state index in [2.05, 4.69) is 15.6 Å². The molecule has 0 unspecified atom stereocenters. The molecule has 0 aromatic heterocycles. The highest BCUT2D eigenvalue weighted by molar-refractivity contribution is 5.79. The van der Waals surface area contributed by atoms with Crippen LogP contribution in [0, 0.1) is 6.92 Å².